The molecule has 0 aliphatic heterocycles. The van der Waals surface area contributed by atoms with E-state index in [-0.39, 0.29) is 0 Å². The zero-order chi connectivity index (χ0) is 20.2. The quantitative estimate of drug-likeness (QED) is 0.221. The number of rotatable bonds is 5. The van der Waals surface area contributed by atoms with Crippen molar-refractivity contribution in [2.45, 2.75) is 16.7 Å². The van der Waals surface area contributed by atoms with Crippen LogP contribution in [-0.2, 0) is 0 Å². The molecule has 4 rings (SSSR count). The van der Waals surface area contributed by atoms with Gasteiger partial charge in [-0.05, 0) is 71.5 Å². The maximum atomic E-state index is 4.92. The van der Waals surface area contributed by atoms with Crippen LogP contribution in [-0.4, -0.2) is 22.5 Å². The first-order valence-electron chi connectivity index (χ1n) is 9.27. The third kappa shape index (κ3) is 4.62. The van der Waals surface area contributed by atoms with Gasteiger partial charge >= 0.3 is 0 Å². The molecule has 1 heterocycles. The van der Waals surface area contributed by atoms with Crippen LogP contribution in [0.25, 0.3) is 16.9 Å². The molecular weight excluding hydrogens is 489 g/mol. The topological polar surface area (TPSA) is 30.2 Å². The van der Waals surface area contributed by atoms with E-state index in [0.29, 0.717) is 0 Å². The van der Waals surface area contributed by atoms with E-state index >= 15 is 0 Å². The number of halogens is 1. The van der Waals surface area contributed by atoms with Crippen LogP contribution < -0.4 is 0 Å². The second-order valence-electron chi connectivity index (χ2n) is 6.56. The van der Waals surface area contributed by atoms with Crippen LogP contribution in [0.4, 0.5) is 0 Å². The molecule has 0 fully saturated rings. The zero-order valence-corrected chi connectivity index (χ0v) is 19.2. The normalized spacial score (nSPS) is 11.6. The van der Waals surface area contributed by atoms with Crippen molar-refractivity contribution < 1.29 is 0 Å². The second-order valence-corrected chi connectivity index (χ2v) is 8.93. The standard InChI is InChI=1S/C24H20IN3S/c1-17(26-2)18-8-10-19(11-9-18)24-23(29-22-14-12-20(25)13-15-22)16-28(27-24)21-6-4-3-5-7-21/h3-16H,1-2H3/b26-17+. The molecule has 3 aromatic carbocycles. The van der Waals surface area contributed by atoms with Gasteiger partial charge < -0.3 is 0 Å². The van der Waals surface area contributed by atoms with E-state index in [9.17, 15) is 0 Å². The zero-order valence-electron chi connectivity index (χ0n) is 16.2. The lowest BCUT2D eigenvalue weighted by Crippen LogP contribution is -1.95. The van der Waals surface area contributed by atoms with E-state index in [1.165, 1.54) is 8.47 Å². The molecule has 3 nitrogen and oxygen atoms in total. The molecule has 0 atom stereocenters. The smallest absolute Gasteiger partial charge is 0.107 e. The highest BCUT2D eigenvalue weighted by molar-refractivity contribution is 14.1. The van der Waals surface area contributed by atoms with Crippen LogP contribution in [0.15, 0.2) is 99.8 Å². The summed E-state index contributed by atoms with van der Waals surface area (Å²) in [5, 5.41) is 4.92. The van der Waals surface area contributed by atoms with Crippen LogP contribution in [0.3, 0.4) is 0 Å². The minimum absolute atomic E-state index is 0.982. The molecular formula is C24H20IN3S. The molecule has 0 N–H and O–H groups in total. The lowest BCUT2D eigenvalue weighted by Gasteiger charge is -2.05. The molecule has 0 saturated heterocycles. The van der Waals surface area contributed by atoms with Crippen LogP contribution in [0, 0.1) is 3.57 Å². The van der Waals surface area contributed by atoms with Crippen LogP contribution in [0.5, 0.6) is 0 Å². The van der Waals surface area contributed by atoms with E-state index < -0.39 is 0 Å². The minimum Gasteiger partial charge on any atom is -0.293 e. The maximum absolute atomic E-state index is 4.92. The number of hydrogen-bond acceptors (Lipinski definition) is 3. The van der Waals surface area contributed by atoms with Crippen molar-refractivity contribution in [2.24, 2.45) is 4.99 Å². The first-order valence-corrected chi connectivity index (χ1v) is 11.2. The van der Waals surface area contributed by atoms with Crippen molar-refractivity contribution in [1.29, 1.82) is 0 Å². The molecule has 0 spiro atoms. The van der Waals surface area contributed by atoms with Gasteiger partial charge in [0.2, 0.25) is 0 Å². The monoisotopic (exact) mass is 509 g/mol. The fourth-order valence-corrected chi connectivity index (χ4v) is 4.27. The van der Waals surface area contributed by atoms with Gasteiger partial charge in [-0.2, -0.15) is 5.10 Å². The van der Waals surface area contributed by atoms with Crippen LogP contribution >= 0.6 is 34.4 Å². The number of aliphatic imine (C=N–C) groups is 1. The Morgan fingerprint density at radius 1 is 0.931 bits per heavy atom. The summed E-state index contributed by atoms with van der Waals surface area (Å²) in [6.07, 6.45) is 2.11. The molecule has 144 valence electrons. The summed E-state index contributed by atoms with van der Waals surface area (Å²) in [4.78, 5) is 6.60. The van der Waals surface area contributed by atoms with Crippen molar-refractivity contribution in [2.75, 3.05) is 7.05 Å². The predicted octanol–water partition coefficient (Wildman–Crippen LogP) is 6.73. The highest BCUT2D eigenvalue weighted by atomic mass is 127. The molecule has 5 heteroatoms. The number of nitrogens with zero attached hydrogens (tertiary/aromatic N) is 3. The van der Waals surface area contributed by atoms with Gasteiger partial charge in [0.05, 0.1) is 10.6 Å². The SMILES string of the molecule is C/N=C(\C)c1ccc(-c2nn(-c3ccccc3)cc2Sc2ccc(I)cc2)cc1. The first-order chi connectivity index (χ1) is 14.1. The minimum atomic E-state index is 0.982. The van der Waals surface area contributed by atoms with Crippen molar-refractivity contribution in [1.82, 2.24) is 9.78 Å². The van der Waals surface area contributed by atoms with Gasteiger partial charge in [-0.25, -0.2) is 4.68 Å². The van der Waals surface area contributed by atoms with Crippen molar-refractivity contribution >= 4 is 40.1 Å². The number of hydrogen-bond donors (Lipinski definition) is 0. The Hall–Kier alpha value is -2.38. The molecule has 0 unspecified atom stereocenters. The van der Waals surface area contributed by atoms with E-state index in [0.717, 1.165) is 33.1 Å². The predicted molar refractivity (Wildman–Crippen MR) is 130 cm³/mol. The summed E-state index contributed by atoms with van der Waals surface area (Å²) in [5.74, 6) is 0. The van der Waals surface area contributed by atoms with Crippen molar-refractivity contribution in [3.05, 3.63) is 94.2 Å². The third-order valence-electron chi connectivity index (χ3n) is 4.65. The van der Waals surface area contributed by atoms with Gasteiger partial charge in [0.15, 0.2) is 0 Å². The first kappa shape index (κ1) is 19.9. The van der Waals surface area contributed by atoms with Gasteiger partial charge in [0, 0.05) is 33.0 Å². The van der Waals surface area contributed by atoms with E-state index in [1.54, 1.807) is 11.8 Å². The average Bonchev–Trinajstić information content (AvgIpc) is 3.19. The number of benzene rings is 3. The molecule has 1 aromatic heterocycles. The number of para-hydroxylation sites is 1. The van der Waals surface area contributed by atoms with E-state index in [1.807, 2.05) is 36.9 Å². The van der Waals surface area contributed by atoms with Crippen molar-refractivity contribution in [3.8, 4) is 16.9 Å². The summed E-state index contributed by atoms with van der Waals surface area (Å²) in [7, 11) is 1.82. The fraction of sp³-hybridized carbons (Fsp3) is 0.0833. The Bertz CT molecular complexity index is 1130. The van der Waals surface area contributed by atoms with Gasteiger partial charge in [0.1, 0.15) is 5.69 Å². The average molecular weight is 509 g/mol. The summed E-state index contributed by atoms with van der Waals surface area (Å²) in [6.45, 7) is 2.02. The lowest BCUT2D eigenvalue weighted by molar-refractivity contribution is 0.883. The fourth-order valence-electron chi connectivity index (χ4n) is 2.97. The highest BCUT2D eigenvalue weighted by Gasteiger charge is 2.14. The van der Waals surface area contributed by atoms with Gasteiger partial charge in [-0.3, -0.25) is 4.99 Å². The molecule has 0 aliphatic carbocycles. The summed E-state index contributed by atoms with van der Waals surface area (Å²) in [5.41, 5.74) is 5.29. The highest BCUT2D eigenvalue weighted by Crippen LogP contribution is 2.36. The maximum Gasteiger partial charge on any atom is 0.107 e. The lowest BCUT2D eigenvalue weighted by atomic mass is 10.1. The summed E-state index contributed by atoms with van der Waals surface area (Å²) < 4.78 is 3.19. The van der Waals surface area contributed by atoms with Crippen LogP contribution in [0.2, 0.25) is 0 Å². The van der Waals surface area contributed by atoms with E-state index in [2.05, 4.69) is 94.4 Å². The van der Waals surface area contributed by atoms with E-state index in [4.69, 9.17) is 5.10 Å². The van der Waals surface area contributed by atoms with Crippen molar-refractivity contribution in [3.63, 3.8) is 0 Å². The largest absolute Gasteiger partial charge is 0.293 e. The van der Waals surface area contributed by atoms with Gasteiger partial charge in [-0.15, -0.1) is 0 Å². The second kappa shape index (κ2) is 8.97. The molecule has 0 radical (unpaired) electrons. The Kier molecular flexibility index (Phi) is 6.16. The van der Waals surface area contributed by atoms with Gasteiger partial charge in [-0.1, -0.05) is 54.2 Å². The summed E-state index contributed by atoms with van der Waals surface area (Å²) in [6, 6.07) is 27.3. The molecule has 0 bridgehead atoms. The Balaban J connectivity index is 1.76. The molecule has 29 heavy (non-hydrogen) atoms. The Labute approximate surface area is 189 Å². The van der Waals surface area contributed by atoms with Gasteiger partial charge in [0.25, 0.3) is 0 Å². The molecule has 0 amide bonds. The Morgan fingerprint density at radius 3 is 2.28 bits per heavy atom. The van der Waals surface area contributed by atoms with Crippen LogP contribution in [0.1, 0.15) is 12.5 Å². The number of aromatic nitrogens is 2. The molecule has 0 aliphatic rings. The Morgan fingerprint density at radius 2 is 1.62 bits per heavy atom. The third-order valence-corrected chi connectivity index (χ3v) is 6.40. The molecule has 0 saturated carbocycles. The summed E-state index contributed by atoms with van der Waals surface area (Å²) >= 11 is 4.07. The molecule has 4 aromatic rings.